The number of nitrogens with zero attached hydrogens (tertiary/aromatic N) is 4. The number of hydrogen-bond donors (Lipinski definition) is 3. The zero-order valence-electron chi connectivity index (χ0n) is 15.6. The van der Waals surface area contributed by atoms with Crippen molar-refractivity contribution >= 4 is 35.0 Å². The normalized spacial score (nSPS) is 11.5. The van der Waals surface area contributed by atoms with Crippen molar-refractivity contribution < 1.29 is 9.53 Å². The fourth-order valence-electron chi connectivity index (χ4n) is 2.61. The fraction of sp³-hybridized carbons (Fsp3) is 0.158. The number of amides is 1. The average Bonchev–Trinajstić information content (AvgIpc) is 3.26. The third-order valence-corrected chi connectivity index (χ3v) is 3.82. The van der Waals surface area contributed by atoms with E-state index < -0.39 is 6.09 Å². The van der Waals surface area contributed by atoms with Gasteiger partial charge >= 0.3 is 6.09 Å². The first kappa shape index (κ1) is 18.9. The maximum atomic E-state index is 11.7. The highest BCUT2D eigenvalue weighted by Gasteiger charge is 2.14. The minimum absolute atomic E-state index is 0.265. The quantitative estimate of drug-likeness (QED) is 0.568. The maximum absolute atomic E-state index is 11.7. The summed E-state index contributed by atoms with van der Waals surface area (Å²) in [5.41, 5.74) is 9.60. The Morgan fingerprint density at radius 3 is 3.00 bits per heavy atom. The number of H-pyrrole nitrogens is 1. The summed E-state index contributed by atoms with van der Waals surface area (Å²) < 4.78 is 6.78. The van der Waals surface area contributed by atoms with Crippen molar-refractivity contribution in [2.24, 2.45) is 10.7 Å². The molecule has 0 saturated carbocycles. The van der Waals surface area contributed by atoms with Gasteiger partial charge < -0.3 is 20.0 Å². The molecular weight excluding hydrogens is 358 g/mol. The highest BCUT2D eigenvalue weighted by Crippen LogP contribution is 2.28. The molecule has 0 fully saturated rings. The molecule has 2 aromatic heterocycles. The van der Waals surface area contributed by atoms with Crippen molar-refractivity contribution in [1.29, 1.82) is 0 Å². The van der Waals surface area contributed by atoms with Gasteiger partial charge in [0.25, 0.3) is 0 Å². The van der Waals surface area contributed by atoms with Crippen LogP contribution in [0.4, 0.5) is 10.7 Å². The van der Waals surface area contributed by atoms with Crippen LogP contribution in [0.25, 0.3) is 22.4 Å². The van der Waals surface area contributed by atoms with E-state index in [1.54, 1.807) is 25.5 Å². The van der Waals surface area contributed by atoms with Crippen molar-refractivity contribution in [3.63, 3.8) is 0 Å². The summed E-state index contributed by atoms with van der Waals surface area (Å²) in [5.74, 6) is 0.271. The van der Waals surface area contributed by atoms with Crippen LogP contribution in [0, 0.1) is 6.92 Å². The monoisotopic (exact) mass is 379 g/mol. The molecule has 28 heavy (non-hydrogen) atoms. The van der Waals surface area contributed by atoms with Gasteiger partial charge in [0.15, 0.2) is 0 Å². The molecule has 3 rings (SSSR count). The van der Waals surface area contributed by atoms with E-state index in [2.05, 4.69) is 31.8 Å². The van der Waals surface area contributed by atoms with Crippen LogP contribution in [0.3, 0.4) is 0 Å². The molecule has 0 saturated heterocycles. The predicted molar refractivity (Wildman–Crippen MR) is 109 cm³/mol. The molecule has 0 unspecified atom stereocenters. The Morgan fingerprint density at radius 2 is 2.32 bits per heavy atom. The topological polar surface area (TPSA) is 123 Å². The summed E-state index contributed by atoms with van der Waals surface area (Å²) in [4.78, 5) is 27.8. The number of aromatic nitrogens is 4. The standard InChI is InChI=1S/C19H21N7O2/c1-4-28-19(27)25-18-23-16-9-14(26-10-12(2)22-11-26)8-15(17(16)24-18)13(3)21-7-5-6-20/h5-11H,3-4,20H2,1-2H3,(H2,23,24,25,27)/b6-5-,21-7?. The Labute approximate surface area is 161 Å². The van der Waals surface area contributed by atoms with Gasteiger partial charge in [-0.25, -0.2) is 14.8 Å². The molecule has 4 N–H and O–H groups in total. The molecule has 0 aliphatic carbocycles. The van der Waals surface area contributed by atoms with Gasteiger partial charge in [0.1, 0.15) is 5.52 Å². The van der Waals surface area contributed by atoms with Gasteiger partial charge in [-0.2, -0.15) is 0 Å². The van der Waals surface area contributed by atoms with E-state index in [-0.39, 0.29) is 12.6 Å². The molecule has 0 aliphatic heterocycles. The zero-order chi connectivity index (χ0) is 20.1. The molecule has 0 atom stereocenters. The van der Waals surface area contributed by atoms with Crippen molar-refractivity contribution in [3.8, 4) is 5.69 Å². The van der Waals surface area contributed by atoms with Gasteiger partial charge in [0, 0.05) is 23.7 Å². The number of nitrogens with two attached hydrogens (primary N) is 1. The Hall–Kier alpha value is -3.88. The fourth-order valence-corrected chi connectivity index (χ4v) is 2.61. The number of aryl methyl sites for hydroxylation is 1. The number of carbonyl (C=O) groups is 1. The van der Waals surface area contributed by atoms with E-state index in [4.69, 9.17) is 10.5 Å². The minimum Gasteiger partial charge on any atom is -0.450 e. The molecule has 0 spiro atoms. The molecule has 0 aliphatic rings. The lowest BCUT2D eigenvalue weighted by Gasteiger charge is -2.07. The third-order valence-electron chi connectivity index (χ3n) is 3.82. The second-order valence-electron chi connectivity index (χ2n) is 5.85. The van der Waals surface area contributed by atoms with Crippen LogP contribution in [0.5, 0.6) is 0 Å². The lowest BCUT2D eigenvalue weighted by Crippen LogP contribution is -2.14. The first-order valence-electron chi connectivity index (χ1n) is 8.60. The van der Waals surface area contributed by atoms with Gasteiger partial charge in [0.2, 0.25) is 5.95 Å². The number of nitrogens with one attached hydrogen (secondary N) is 2. The number of carbonyl (C=O) groups excluding carboxylic acids is 1. The van der Waals surface area contributed by atoms with Gasteiger partial charge in [-0.05, 0) is 38.3 Å². The lowest BCUT2D eigenvalue weighted by atomic mass is 10.1. The van der Waals surface area contributed by atoms with Crippen LogP contribution in [0.1, 0.15) is 18.2 Å². The number of anilines is 1. The number of fused-ring (bicyclic) bond motifs is 1. The van der Waals surface area contributed by atoms with E-state index in [1.807, 2.05) is 29.8 Å². The molecule has 1 amide bonds. The van der Waals surface area contributed by atoms with E-state index in [0.717, 1.165) is 11.4 Å². The van der Waals surface area contributed by atoms with E-state index in [9.17, 15) is 4.79 Å². The summed E-state index contributed by atoms with van der Waals surface area (Å²) in [6.07, 6.45) is 7.57. The summed E-state index contributed by atoms with van der Waals surface area (Å²) >= 11 is 0. The number of benzene rings is 1. The van der Waals surface area contributed by atoms with Crippen LogP contribution in [-0.2, 0) is 4.74 Å². The molecule has 1 aromatic carbocycles. The van der Waals surface area contributed by atoms with E-state index in [0.29, 0.717) is 22.3 Å². The van der Waals surface area contributed by atoms with Gasteiger partial charge in [0.05, 0.1) is 29.8 Å². The highest BCUT2D eigenvalue weighted by molar-refractivity contribution is 5.95. The Kier molecular flexibility index (Phi) is 5.54. The van der Waals surface area contributed by atoms with Crippen molar-refractivity contribution in [3.05, 3.63) is 54.8 Å². The Morgan fingerprint density at radius 1 is 1.50 bits per heavy atom. The zero-order valence-corrected chi connectivity index (χ0v) is 15.6. The van der Waals surface area contributed by atoms with Crippen LogP contribution < -0.4 is 11.1 Å². The summed E-state index contributed by atoms with van der Waals surface area (Å²) in [5, 5.41) is 2.57. The van der Waals surface area contributed by atoms with E-state index in [1.165, 1.54) is 6.20 Å². The van der Waals surface area contributed by atoms with Crippen molar-refractivity contribution in [2.75, 3.05) is 11.9 Å². The number of aliphatic imine (C=N–C) groups is 1. The summed E-state index contributed by atoms with van der Waals surface area (Å²) in [7, 11) is 0. The Bertz CT molecular complexity index is 1080. The molecule has 3 aromatic rings. The number of ether oxygens (including phenoxy) is 1. The second kappa shape index (κ2) is 8.21. The molecular formula is C19H21N7O2. The highest BCUT2D eigenvalue weighted by atomic mass is 16.5. The number of hydrogen-bond acceptors (Lipinski definition) is 6. The van der Waals surface area contributed by atoms with Crippen LogP contribution >= 0.6 is 0 Å². The van der Waals surface area contributed by atoms with Gasteiger partial charge in [-0.1, -0.05) is 6.58 Å². The van der Waals surface area contributed by atoms with Crippen molar-refractivity contribution in [1.82, 2.24) is 19.5 Å². The molecule has 0 bridgehead atoms. The van der Waals surface area contributed by atoms with Crippen LogP contribution in [-0.4, -0.2) is 38.4 Å². The Balaban J connectivity index is 2.09. The number of imidazole rings is 2. The number of aromatic amines is 1. The molecule has 144 valence electrons. The van der Waals surface area contributed by atoms with Crippen molar-refractivity contribution in [2.45, 2.75) is 13.8 Å². The first-order valence-corrected chi connectivity index (χ1v) is 8.60. The molecule has 9 nitrogen and oxygen atoms in total. The maximum Gasteiger partial charge on any atom is 0.413 e. The second-order valence-corrected chi connectivity index (χ2v) is 5.85. The largest absolute Gasteiger partial charge is 0.450 e. The molecule has 9 heteroatoms. The lowest BCUT2D eigenvalue weighted by molar-refractivity contribution is 0.167. The summed E-state index contributed by atoms with van der Waals surface area (Å²) in [6.45, 7) is 7.93. The molecule has 2 heterocycles. The first-order chi connectivity index (χ1) is 13.5. The van der Waals surface area contributed by atoms with E-state index >= 15 is 0 Å². The van der Waals surface area contributed by atoms with Gasteiger partial charge in [-0.15, -0.1) is 0 Å². The summed E-state index contributed by atoms with van der Waals surface area (Å²) in [6, 6.07) is 3.81. The predicted octanol–water partition coefficient (Wildman–Crippen LogP) is 3.14. The average molecular weight is 379 g/mol. The van der Waals surface area contributed by atoms with Gasteiger partial charge in [-0.3, -0.25) is 10.3 Å². The number of allylic oxidation sites excluding steroid dienone is 1. The minimum atomic E-state index is -0.585. The van der Waals surface area contributed by atoms with Crippen LogP contribution in [0.15, 0.2) is 48.5 Å². The molecule has 0 radical (unpaired) electrons. The SMILES string of the molecule is C=C(N=C/C=C\N)c1cc(-n2cnc(C)c2)cc2[nH]c(NC(=O)OCC)nc12. The number of rotatable bonds is 6. The smallest absolute Gasteiger partial charge is 0.413 e. The third kappa shape index (κ3) is 4.09. The van der Waals surface area contributed by atoms with Crippen LogP contribution in [0.2, 0.25) is 0 Å².